The Morgan fingerprint density at radius 1 is 1.73 bits per heavy atom. The van der Waals surface area contributed by atoms with Crippen molar-refractivity contribution in [2.24, 2.45) is 0 Å². The lowest BCUT2D eigenvalue weighted by atomic mass is 10.3. The van der Waals surface area contributed by atoms with Gasteiger partial charge in [-0.25, -0.2) is 0 Å². The zero-order valence-corrected chi connectivity index (χ0v) is 7.35. The van der Waals surface area contributed by atoms with Gasteiger partial charge in [-0.2, -0.15) is 0 Å². The topological polar surface area (TPSA) is 26.3 Å². The average Bonchev–Trinajstić information content (AvgIpc) is 2.35. The summed E-state index contributed by atoms with van der Waals surface area (Å²) in [7, 11) is 0. The minimum atomic E-state index is -0.231. The molecular formula is C8H10O2S. The lowest BCUT2D eigenvalue weighted by Gasteiger charge is -2.08. The van der Waals surface area contributed by atoms with Crippen molar-refractivity contribution in [2.45, 2.75) is 20.0 Å². The van der Waals surface area contributed by atoms with E-state index in [2.05, 4.69) is 0 Å². The second kappa shape index (κ2) is 3.53. The molecular weight excluding hydrogens is 160 g/mol. The highest BCUT2D eigenvalue weighted by molar-refractivity contribution is 7.10. The molecule has 1 aromatic heterocycles. The van der Waals surface area contributed by atoms with Crippen LogP contribution in [0, 0.1) is 0 Å². The van der Waals surface area contributed by atoms with Gasteiger partial charge in [-0.3, -0.25) is 4.79 Å². The highest BCUT2D eigenvalue weighted by Crippen LogP contribution is 2.21. The minimum Gasteiger partial charge on any atom is -0.457 e. The highest BCUT2D eigenvalue weighted by atomic mass is 32.1. The molecule has 0 N–H and O–H groups in total. The number of thiophene rings is 1. The molecule has 1 rings (SSSR count). The fourth-order valence-corrected chi connectivity index (χ4v) is 1.54. The fourth-order valence-electron chi connectivity index (χ4n) is 0.830. The van der Waals surface area contributed by atoms with Gasteiger partial charge in [0.2, 0.25) is 0 Å². The van der Waals surface area contributed by atoms with Crippen molar-refractivity contribution in [2.75, 3.05) is 0 Å². The molecule has 0 saturated carbocycles. The van der Waals surface area contributed by atoms with E-state index in [1.54, 1.807) is 11.3 Å². The van der Waals surface area contributed by atoms with Gasteiger partial charge in [0.15, 0.2) is 0 Å². The first kappa shape index (κ1) is 8.27. The summed E-state index contributed by atoms with van der Waals surface area (Å²) >= 11 is 1.60. The first-order valence-electron chi connectivity index (χ1n) is 3.41. The molecule has 0 saturated heterocycles. The number of rotatable bonds is 2. The number of ether oxygens (including phenoxy) is 1. The van der Waals surface area contributed by atoms with E-state index in [0.717, 1.165) is 4.88 Å². The van der Waals surface area contributed by atoms with Crippen molar-refractivity contribution in [3.8, 4) is 0 Å². The monoisotopic (exact) mass is 170 g/mol. The lowest BCUT2D eigenvalue weighted by Crippen LogP contribution is -2.02. The first-order valence-corrected chi connectivity index (χ1v) is 4.28. The second-order valence-corrected chi connectivity index (χ2v) is 3.25. The van der Waals surface area contributed by atoms with Gasteiger partial charge in [-0.1, -0.05) is 6.07 Å². The van der Waals surface area contributed by atoms with E-state index >= 15 is 0 Å². The van der Waals surface area contributed by atoms with E-state index in [-0.39, 0.29) is 12.1 Å². The maximum absolute atomic E-state index is 10.5. The Labute approximate surface area is 69.8 Å². The number of esters is 1. The summed E-state index contributed by atoms with van der Waals surface area (Å²) in [5.74, 6) is -0.231. The molecule has 1 aromatic rings. The molecule has 0 radical (unpaired) electrons. The summed E-state index contributed by atoms with van der Waals surface area (Å²) < 4.78 is 4.97. The summed E-state index contributed by atoms with van der Waals surface area (Å²) in [5, 5.41) is 1.97. The van der Waals surface area contributed by atoms with E-state index in [0.29, 0.717) is 0 Å². The molecule has 0 fully saturated rings. The molecule has 0 aliphatic carbocycles. The van der Waals surface area contributed by atoms with E-state index < -0.39 is 0 Å². The van der Waals surface area contributed by atoms with Crippen LogP contribution >= 0.6 is 11.3 Å². The summed E-state index contributed by atoms with van der Waals surface area (Å²) in [6.45, 7) is 3.29. The Morgan fingerprint density at radius 3 is 2.91 bits per heavy atom. The third-order valence-electron chi connectivity index (χ3n) is 1.29. The molecule has 1 atom stereocenters. The molecule has 1 heterocycles. The zero-order valence-electron chi connectivity index (χ0n) is 6.53. The third-order valence-corrected chi connectivity index (χ3v) is 2.32. The molecule has 11 heavy (non-hydrogen) atoms. The van der Waals surface area contributed by atoms with Crippen molar-refractivity contribution in [3.63, 3.8) is 0 Å². The maximum atomic E-state index is 10.5. The molecule has 0 aromatic carbocycles. The van der Waals surface area contributed by atoms with Crippen molar-refractivity contribution >= 4 is 17.3 Å². The van der Waals surface area contributed by atoms with E-state index in [1.165, 1.54) is 6.92 Å². The predicted molar refractivity (Wildman–Crippen MR) is 44.5 cm³/mol. The van der Waals surface area contributed by atoms with Gasteiger partial charge in [0.05, 0.1) is 0 Å². The average molecular weight is 170 g/mol. The summed E-state index contributed by atoms with van der Waals surface area (Å²) in [6.07, 6.45) is -0.104. The standard InChI is InChI=1S/C8H10O2S/c1-6(10-7(2)9)8-4-3-5-11-8/h3-6H,1-2H3. The molecule has 0 aliphatic rings. The van der Waals surface area contributed by atoms with Crippen LogP contribution in [0.15, 0.2) is 17.5 Å². The summed E-state index contributed by atoms with van der Waals surface area (Å²) in [5.41, 5.74) is 0. The Balaban J connectivity index is 2.56. The molecule has 0 aliphatic heterocycles. The maximum Gasteiger partial charge on any atom is 0.303 e. The highest BCUT2D eigenvalue weighted by Gasteiger charge is 2.07. The van der Waals surface area contributed by atoms with Crippen LogP contribution in [-0.4, -0.2) is 5.97 Å². The van der Waals surface area contributed by atoms with E-state index in [9.17, 15) is 4.79 Å². The van der Waals surface area contributed by atoms with Crippen molar-refractivity contribution in [1.29, 1.82) is 0 Å². The molecule has 3 heteroatoms. The molecule has 2 nitrogen and oxygen atoms in total. The van der Waals surface area contributed by atoms with Crippen LogP contribution < -0.4 is 0 Å². The van der Waals surface area contributed by atoms with Gasteiger partial charge in [0.1, 0.15) is 6.10 Å². The summed E-state index contributed by atoms with van der Waals surface area (Å²) in [4.78, 5) is 11.6. The Bertz CT molecular complexity index is 228. The van der Waals surface area contributed by atoms with Crippen LogP contribution in [0.3, 0.4) is 0 Å². The fraction of sp³-hybridized carbons (Fsp3) is 0.375. The first-order chi connectivity index (χ1) is 5.20. The van der Waals surface area contributed by atoms with Crippen LogP contribution in [0.1, 0.15) is 24.8 Å². The SMILES string of the molecule is CC(=O)OC(C)c1cccs1. The van der Waals surface area contributed by atoms with Gasteiger partial charge in [-0.15, -0.1) is 11.3 Å². The third kappa shape index (κ3) is 2.35. The van der Waals surface area contributed by atoms with Gasteiger partial charge >= 0.3 is 5.97 Å². The lowest BCUT2D eigenvalue weighted by molar-refractivity contribution is -0.145. The van der Waals surface area contributed by atoms with Crippen LogP contribution in [0.2, 0.25) is 0 Å². The predicted octanol–water partition coefficient (Wildman–Crippen LogP) is 2.37. The largest absolute Gasteiger partial charge is 0.457 e. The quantitative estimate of drug-likeness (QED) is 0.637. The number of hydrogen-bond acceptors (Lipinski definition) is 3. The van der Waals surface area contributed by atoms with Crippen LogP contribution in [0.5, 0.6) is 0 Å². The smallest absolute Gasteiger partial charge is 0.303 e. The molecule has 1 unspecified atom stereocenters. The second-order valence-electron chi connectivity index (χ2n) is 2.27. The Morgan fingerprint density at radius 2 is 2.45 bits per heavy atom. The van der Waals surface area contributed by atoms with Gasteiger partial charge < -0.3 is 4.74 Å². The van der Waals surface area contributed by atoms with Crippen molar-refractivity contribution in [1.82, 2.24) is 0 Å². The van der Waals surface area contributed by atoms with Crippen LogP contribution in [0.25, 0.3) is 0 Å². The minimum absolute atomic E-state index is 0.104. The van der Waals surface area contributed by atoms with Gasteiger partial charge in [0.25, 0.3) is 0 Å². The molecule has 60 valence electrons. The van der Waals surface area contributed by atoms with Crippen molar-refractivity contribution < 1.29 is 9.53 Å². The molecule has 0 amide bonds. The number of hydrogen-bond donors (Lipinski definition) is 0. The van der Waals surface area contributed by atoms with Crippen LogP contribution in [-0.2, 0) is 9.53 Å². The Hall–Kier alpha value is -0.830. The van der Waals surface area contributed by atoms with Crippen molar-refractivity contribution in [3.05, 3.63) is 22.4 Å². The number of carbonyl (C=O) groups excluding carboxylic acids is 1. The zero-order chi connectivity index (χ0) is 8.27. The Kier molecular flexibility index (Phi) is 2.65. The van der Waals surface area contributed by atoms with Crippen LogP contribution in [0.4, 0.5) is 0 Å². The van der Waals surface area contributed by atoms with E-state index in [4.69, 9.17) is 4.74 Å². The molecule has 0 bridgehead atoms. The number of carbonyl (C=O) groups is 1. The molecule has 0 spiro atoms. The summed E-state index contributed by atoms with van der Waals surface area (Å²) in [6, 6.07) is 3.90. The van der Waals surface area contributed by atoms with Gasteiger partial charge in [0, 0.05) is 11.8 Å². The van der Waals surface area contributed by atoms with E-state index in [1.807, 2.05) is 24.4 Å². The normalized spacial score (nSPS) is 12.5. The van der Waals surface area contributed by atoms with Gasteiger partial charge in [-0.05, 0) is 18.4 Å².